The maximum atomic E-state index is 12.7. The fourth-order valence-electron chi connectivity index (χ4n) is 2.47. The smallest absolute Gasteiger partial charge is 0.337 e. The van der Waals surface area contributed by atoms with Gasteiger partial charge in [-0.1, -0.05) is 18.2 Å². The Hall–Kier alpha value is -1.97. The molecule has 1 aliphatic rings. The van der Waals surface area contributed by atoms with Crippen LogP contribution in [-0.2, 0) is 19.6 Å². The van der Waals surface area contributed by atoms with Crippen LogP contribution in [0.2, 0.25) is 0 Å². The number of nitrogens with zero attached hydrogens (tertiary/aromatic N) is 1. The first-order chi connectivity index (χ1) is 11.2. The van der Waals surface area contributed by atoms with E-state index in [1.54, 1.807) is 18.2 Å². The van der Waals surface area contributed by atoms with Crippen molar-refractivity contribution in [1.82, 2.24) is 9.62 Å². The van der Waals surface area contributed by atoms with Crippen LogP contribution in [0.25, 0.3) is 0 Å². The number of carbonyl (C=O) groups excluding carboxylic acids is 1. The molecule has 0 spiro atoms. The van der Waals surface area contributed by atoms with Crippen molar-refractivity contribution in [2.45, 2.75) is 36.3 Å². The van der Waals surface area contributed by atoms with Crippen molar-refractivity contribution in [1.29, 1.82) is 0 Å². The Morgan fingerprint density at radius 2 is 1.96 bits per heavy atom. The molecule has 24 heavy (non-hydrogen) atoms. The zero-order valence-corrected chi connectivity index (χ0v) is 14.0. The van der Waals surface area contributed by atoms with Crippen LogP contribution in [0.1, 0.15) is 19.8 Å². The Kier molecular flexibility index (Phi) is 5.26. The minimum atomic E-state index is -3.81. The van der Waals surface area contributed by atoms with Crippen molar-refractivity contribution in [2.24, 2.45) is 0 Å². The fraction of sp³-hybridized carbons (Fsp3) is 0.467. The number of benzene rings is 1. The molecule has 0 aromatic heterocycles. The number of aliphatic hydroxyl groups is 1. The lowest BCUT2D eigenvalue weighted by atomic mass is 10.1. The van der Waals surface area contributed by atoms with Crippen LogP contribution < -0.4 is 5.32 Å². The van der Waals surface area contributed by atoms with Crippen molar-refractivity contribution in [3.8, 4) is 0 Å². The Morgan fingerprint density at radius 3 is 2.54 bits per heavy atom. The van der Waals surface area contributed by atoms with Gasteiger partial charge in [0.25, 0.3) is 0 Å². The van der Waals surface area contributed by atoms with Gasteiger partial charge in [-0.15, -0.1) is 0 Å². The lowest BCUT2D eigenvalue weighted by Gasteiger charge is -2.25. The number of hydrogen-bond acceptors (Lipinski definition) is 5. The van der Waals surface area contributed by atoms with Gasteiger partial charge in [-0.2, -0.15) is 4.31 Å². The molecule has 1 amide bonds. The van der Waals surface area contributed by atoms with E-state index in [1.807, 2.05) is 0 Å². The first-order valence-electron chi connectivity index (χ1n) is 7.46. The van der Waals surface area contributed by atoms with Crippen LogP contribution in [-0.4, -0.2) is 59.5 Å². The SMILES string of the molecule is CC(O)(CNC(=O)C1CCCN1S(=O)(=O)c1ccccc1)C(=O)O. The molecule has 2 unspecified atom stereocenters. The highest BCUT2D eigenvalue weighted by atomic mass is 32.2. The van der Waals surface area contributed by atoms with Gasteiger partial charge in [-0.3, -0.25) is 4.79 Å². The van der Waals surface area contributed by atoms with Crippen molar-refractivity contribution < 1.29 is 28.2 Å². The molecule has 0 radical (unpaired) electrons. The number of hydrogen-bond donors (Lipinski definition) is 3. The van der Waals surface area contributed by atoms with E-state index in [1.165, 1.54) is 12.1 Å². The first-order valence-corrected chi connectivity index (χ1v) is 8.90. The summed E-state index contributed by atoms with van der Waals surface area (Å²) in [4.78, 5) is 23.2. The molecule has 1 aromatic carbocycles. The van der Waals surface area contributed by atoms with E-state index < -0.39 is 40.1 Å². The second-order valence-corrected chi connectivity index (χ2v) is 7.77. The third-order valence-corrected chi connectivity index (χ3v) is 5.85. The molecule has 1 fully saturated rings. The number of nitrogens with one attached hydrogen (secondary N) is 1. The summed E-state index contributed by atoms with van der Waals surface area (Å²) in [6.45, 7) is 0.768. The van der Waals surface area contributed by atoms with Crippen LogP contribution in [0, 0.1) is 0 Å². The standard InChI is InChI=1S/C15H20N2O6S/c1-15(21,14(19)20)10-16-13(18)12-8-5-9-17(12)24(22,23)11-6-3-2-4-7-11/h2-4,6-7,12,21H,5,8-10H2,1H3,(H,16,18)(H,19,20). The molecule has 1 aromatic rings. The summed E-state index contributed by atoms with van der Waals surface area (Å²) < 4.78 is 26.4. The lowest BCUT2D eigenvalue weighted by molar-refractivity contribution is -0.156. The van der Waals surface area contributed by atoms with E-state index in [0.717, 1.165) is 11.2 Å². The van der Waals surface area contributed by atoms with Gasteiger partial charge < -0.3 is 15.5 Å². The van der Waals surface area contributed by atoms with Crippen LogP contribution in [0.3, 0.4) is 0 Å². The number of carbonyl (C=O) groups is 2. The minimum Gasteiger partial charge on any atom is -0.479 e. The van der Waals surface area contributed by atoms with Crippen molar-refractivity contribution in [3.63, 3.8) is 0 Å². The van der Waals surface area contributed by atoms with E-state index in [0.29, 0.717) is 12.8 Å². The number of rotatable bonds is 6. The van der Waals surface area contributed by atoms with Gasteiger partial charge in [-0.25, -0.2) is 13.2 Å². The van der Waals surface area contributed by atoms with E-state index in [-0.39, 0.29) is 11.4 Å². The summed E-state index contributed by atoms with van der Waals surface area (Å²) in [6, 6.07) is 6.89. The number of amides is 1. The second-order valence-electron chi connectivity index (χ2n) is 5.88. The van der Waals surface area contributed by atoms with Gasteiger partial charge in [0.2, 0.25) is 15.9 Å². The Labute approximate surface area is 140 Å². The Morgan fingerprint density at radius 1 is 1.33 bits per heavy atom. The largest absolute Gasteiger partial charge is 0.479 e. The lowest BCUT2D eigenvalue weighted by Crippen LogP contribution is -2.51. The molecular formula is C15H20N2O6S. The maximum Gasteiger partial charge on any atom is 0.337 e. The van der Waals surface area contributed by atoms with Gasteiger partial charge in [0.05, 0.1) is 11.4 Å². The monoisotopic (exact) mass is 356 g/mol. The van der Waals surface area contributed by atoms with Gasteiger partial charge >= 0.3 is 5.97 Å². The summed E-state index contributed by atoms with van der Waals surface area (Å²) in [6.07, 6.45) is 0.868. The normalized spacial score (nSPS) is 21.2. The highest BCUT2D eigenvalue weighted by Gasteiger charge is 2.40. The number of aliphatic carboxylic acids is 1. The van der Waals surface area contributed by atoms with Crippen LogP contribution in [0.4, 0.5) is 0 Å². The minimum absolute atomic E-state index is 0.0993. The molecule has 0 bridgehead atoms. The van der Waals surface area contributed by atoms with E-state index in [4.69, 9.17) is 5.11 Å². The van der Waals surface area contributed by atoms with Gasteiger partial charge in [0.15, 0.2) is 5.60 Å². The van der Waals surface area contributed by atoms with E-state index in [2.05, 4.69) is 5.32 Å². The summed E-state index contributed by atoms with van der Waals surface area (Å²) in [7, 11) is -3.81. The molecule has 0 aliphatic carbocycles. The van der Waals surface area contributed by atoms with Gasteiger partial charge in [0.1, 0.15) is 6.04 Å². The van der Waals surface area contributed by atoms with Crippen LogP contribution >= 0.6 is 0 Å². The molecule has 2 rings (SSSR count). The van der Waals surface area contributed by atoms with Crippen molar-refractivity contribution in [2.75, 3.05) is 13.1 Å². The summed E-state index contributed by atoms with van der Waals surface area (Å²) >= 11 is 0. The number of carboxylic acids is 1. The van der Waals surface area contributed by atoms with Crippen LogP contribution in [0.15, 0.2) is 35.2 Å². The maximum absolute atomic E-state index is 12.7. The number of carboxylic acid groups (broad SMARTS) is 1. The molecule has 9 heteroatoms. The van der Waals surface area contributed by atoms with Gasteiger partial charge in [-0.05, 0) is 31.9 Å². The molecule has 2 atom stereocenters. The predicted molar refractivity (Wildman–Crippen MR) is 84.6 cm³/mol. The fourth-order valence-corrected chi connectivity index (χ4v) is 4.15. The quantitative estimate of drug-likeness (QED) is 0.648. The highest BCUT2D eigenvalue weighted by Crippen LogP contribution is 2.26. The van der Waals surface area contributed by atoms with E-state index >= 15 is 0 Å². The zero-order chi connectivity index (χ0) is 18.0. The predicted octanol–water partition coefficient (Wildman–Crippen LogP) is -0.208. The average Bonchev–Trinajstić information content (AvgIpc) is 3.04. The topological polar surface area (TPSA) is 124 Å². The average molecular weight is 356 g/mol. The van der Waals surface area contributed by atoms with Crippen molar-refractivity contribution in [3.05, 3.63) is 30.3 Å². The van der Waals surface area contributed by atoms with Crippen LogP contribution in [0.5, 0.6) is 0 Å². The zero-order valence-electron chi connectivity index (χ0n) is 13.2. The number of sulfonamides is 1. The molecule has 0 saturated carbocycles. The molecular weight excluding hydrogens is 336 g/mol. The highest BCUT2D eigenvalue weighted by molar-refractivity contribution is 7.89. The third kappa shape index (κ3) is 3.74. The Bertz CT molecular complexity index is 717. The summed E-state index contributed by atoms with van der Waals surface area (Å²) in [5.74, 6) is -2.09. The molecule has 1 saturated heterocycles. The van der Waals surface area contributed by atoms with Gasteiger partial charge in [0, 0.05) is 6.54 Å². The summed E-state index contributed by atoms with van der Waals surface area (Å²) in [5.41, 5.74) is -2.11. The molecule has 3 N–H and O–H groups in total. The second kappa shape index (κ2) is 6.88. The molecule has 1 heterocycles. The molecule has 8 nitrogen and oxygen atoms in total. The third-order valence-electron chi connectivity index (χ3n) is 3.92. The molecule has 1 aliphatic heterocycles. The Balaban J connectivity index is 2.13. The molecule has 132 valence electrons. The van der Waals surface area contributed by atoms with E-state index in [9.17, 15) is 23.1 Å². The van der Waals surface area contributed by atoms with Crippen molar-refractivity contribution >= 4 is 21.9 Å². The summed E-state index contributed by atoms with van der Waals surface area (Å²) in [5, 5.41) is 20.8. The first kappa shape index (κ1) is 18.4.